The van der Waals surface area contributed by atoms with E-state index in [2.05, 4.69) is 15.6 Å². The third-order valence-electron chi connectivity index (χ3n) is 3.85. The number of nitrogens with one attached hydrogen (secondary N) is 2. The molecule has 4 nitrogen and oxygen atoms in total. The van der Waals surface area contributed by atoms with Crippen molar-refractivity contribution < 1.29 is 9.50 Å². The van der Waals surface area contributed by atoms with Gasteiger partial charge in [-0.2, -0.15) is 0 Å². The molecule has 2 aromatic rings. The predicted octanol–water partition coefficient (Wildman–Crippen LogP) is 2.93. The summed E-state index contributed by atoms with van der Waals surface area (Å²) in [6.45, 7) is 1.36. The molecule has 2 rings (SSSR count). The van der Waals surface area contributed by atoms with Gasteiger partial charge in [0, 0.05) is 26.1 Å². The van der Waals surface area contributed by atoms with Crippen molar-refractivity contribution in [2.75, 3.05) is 26.7 Å². The van der Waals surface area contributed by atoms with Crippen LogP contribution in [-0.4, -0.2) is 37.8 Å². The van der Waals surface area contributed by atoms with Crippen molar-refractivity contribution in [1.82, 2.24) is 10.6 Å². The third kappa shape index (κ3) is 7.39. The second-order valence-corrected chi connectivity index (χ2v) is 5.55. The van der Waals surface area contributed by atoms with Crippen molar-refractivity contribution in [2.45, 2.75) is 12.3 Å². The standard InChI is InChI=1S/C19H24FN3O.HI/c1-21-19(22-12-11-15-7-9-18(20)10-8-15)23-13-17(14-24)16-5-3-2-4-6-16;/h2-10,17,24H,11-14H2,1H3,(H2,21,22,23);1H. The van der Waals surface area contributed by atoms with Gasteiger partial charge in [-0.25, -0.2) is 4.39 Å². The summed E-state index contributed by atoms with van der Waals surface area (Å²) < 4.78 is 12.9. The number of guanidine groups is 1. The molecule has 6 heteroatoms. The van der Waals surface area contributed by atoms with Gasteiger partial charge in [0.15, 0.2) is 5.96 Å². The molecule has 0 spiro atoms. The fourth-order valence-corrected chi connectivity index (χ4v) is 2.43. The lowest BCUT2D eigenvalue weighted by atomic mass is 10.0. The van der Waals surface area contributed by atoms with Crippen molar-refractivity contribution >= 4 is 29.9 Å². The number of rotatable bonds is 7. The van der Waals surface area contributed by atoms with Crippen LogP contribution in [0.4, 0.5) is 4.39 Å². The van der Waals surface area contributed by atoms with Crippen molar-refractivity contribution in [3.8, 4) is 0 Å². The molecular weight excluding hydrogens is 432 g/mol. The van der Waals surface area contributed by atoms with Crippen LogP contribution in [0.3, 0.4) is 0 Å². The van der Waals surface area contributed by atoms with E-state index in [-0.39, 0.29) is 42.3 Å². The average Bonchev–Trinajstić information content (AvgIpc) is 2.63. The maximum absolute atomic E-state index is 12.9. The Morgan fingerprint density at radius 1 is 1.08 bits per heavy atom. The molecule has 136 valence electrons. The van der Waals surface area contributed by atoms with E-state index in [1.165, 1.54) is 12.1 Å². The van der Waals surface area contributed by atoms with Gasteiger partial charge >= 0.3 is 0 Å². The number of aliphatic imine (C=N–C) groups is 1. The molecule has 0 aliphatic rings. The van der Waals surface area contributed by atoms with Gasteiger partial charge in [-0.15, -0.1) is 24.0 Å². The number of hydrogen-bond donors (Lipinski definition) is 3. The first-order valence-corrected chi connectivity index (χ1v) is 8.07. The molecule has 1 atom stereocenters. The van der Waals surface area contributed by atoms with Crippen LogP contribution in [0.15, 0.2) is 59.6 Å². The fraction of sp³-hybridized carbons (Fsp3) is 0.316. The first-order valence-electron chi connectivity index (χ1n) is 8.07. The Bertz CT molecular complexity index is 635. The average molecular weight is 457 g/mol. The SMILES string of the molecule is CN=C(NCCc1ccc(F)cc1)NCC(CO)c1ccccc1.I. The van der Waals surface area contributed by atoms with E-state index in [0.29, 0.717) is 19.0 Å². The summed E-state index contributed by atoms with van der Waals surface area (Å²) in [5.41, 5.74) is 2.16. The number of halogens is 2. The van der Waals surface area contributed by atoms with Gasteiger partial charge in [0.25, 0.3) is 0 Å². The zero-order chi connectivity index (χ0) is 17.2. The summed E-state index contributed by atoms with van der Waals surface area (Å²) >= 11 is 0. The van der Waals surface area contributed by atoms with Crippen LogP contribution >= 0.6 is 24.0 Å². The van der Waals surface area contributed by atoms with Gasteiger partial charge in [-0.05, 0) is 29.7 Å². The maximum Gasteiger partial charge on any atom is 0.191 e. The van der Waals surface area contributed by atoms with Gasteiger partial charge in [-0.3, -0.25) is 4.99 Å². The molecule has 0 heterocycles. The molecule has 2 aromatic carbocycles. The Labute approximate surface area is 165 Å². The fourth-order valence-electron chi connectivity index (χ4n) is 2.43. The largest absolute Gasteiger partial charge is 0.396 e. The van der Waals surface area contributed by atoms with E-state index >= 15 is 0 Å². The van der Waals surface area contributed by atoms with Gasteiger partial charge in [-0.1, -0.05) is 42.5 Å². The number of aliphatic hydroxyl groups is 1. The van der Waals surface area contributed by atoms with Crippen molar-refractivity contribution in [3.05, 3.63) is 71.5 Å². The Hall–Kier alpha value is -1.67. The molecule has 0 amide bonds. The lowest BCUT2D eigenvalue weighted by Gasteiger charge is -2.18. The molecule has 0 saturated carbocycles. The van der Waals surface area contributed by atoms with Crippen LogP contribution in [-0.2, 0) is 6.42 Å². The van der Waals surface area contributed by atoms with Crippen LogP contribution in [0.25, 0.3) is 0 Å². The summed E-state index contributed by atoms with van der Waals surface area (Å²) in [5.74, 6) is 0.480. The molecule has 0 saturated heterocycles. The van der Waals surface area contributed by atoms with Gasteiger partial charge in [0.1, 0.15) is 5.82 Å². The second-order valence-electron chi connectivity index (χ2n) is 5.55. The Kier molecular flexibility index (Phi) is 10.1. The van der Waals surface area contributed by atoms with Crippen LogP contribution in [0.1, 0.15) is 17.0 Å². The normalized spacial score (nSPS) is 12.2. The Balaban J connectivity index is 0.00000312. The molecular formula is C19H25FIN3O. The predicted molar refractivity (Wildman–Crippen MR) is 111 cm³/mol. The quantitative estimate of drug-likeness (QED) is 0.341. The lowest BCUT2D eigenvalue weighted by molar-refractivity contribution is 0.265. The topological polar surface area (TPSA) is 56.7 Å². The summed E-state index contributed by atoms with van der Waals surface area (Å²) in [6.07, 6.45) is 0.781. The highest BCUT2D eigenvalue weighted by Gasteiger charge is 2.10. The summed E-state index contributed by atoms with van der Waals surface area (Å²) in [5, 5.41) is 16.0. The molecule has 0 bridgehead atoms. The first kappa shape index (κ1) is 21.4. The molecule has 0 radical (unpaired) electrons. The van der Waals surface area contributed by atoms with E-state index in [4.69, 9.17) is 0 Å². The highest BCUT2D eigenvalue weighted by atomic mass is 127. The first-order chi connectivity index (χ1) is 11.7. The number of benzene rings is 2. The zero-order valence-electron chi connectivity index (χ0n) is 14.3. The van der Waals surface area contributed by atoms with E-state index in [1.807, 2.05) is 30.3 Å². The third-order valence-corrected chi connectivity index (χ3v) is 3.85. The minimum Gasteiger partial charge on any atom is -0.396 e. The summed E-state index contributed by atoms with van der Waals surface area (Å²) in [4.78, 5) is 4.19. The van der Waals surface area contributed by atoms with E-state index in [1.54, 1.807) is 19.2 Å². The lowest BCUT2D eigenvalue weighted by Crippen LogP contribution is -2.40. The Morgan fingerprint density at radius 2 is 1.76 bits per heavy atom. The minimum atomic E-state index is -0.222. The summed E-state index contributed by atoms with van der Waals surface area (Å²) in [7, 11) is 1.71. The van der Waals surface area contributed by atoms with Crippen LogP contribution in [0.5, 0.6) is 0 Å². The Morgan fingerprint density at radius 3 is 2.36 bits per heavy atom. The molecule has 0 aliphatic heterocycles. The van der Waals surface area contributed by atoms with Gasteiger partial charge in [0.05, 0.1) is 6.61 Å². The van der Waals surface area contributed by atoms with Crippen molar-refractivity contribution in [1.29, 1.82) is 0 Å². The highest BCUT2D eigenvalue weighted by Crippen LogP contribution is 2.13. The van der Waals surface area contributed by atoms with Gasteiger partial charge in [0.2, 0.25) is 0 Å². The molecule has 0 aromatic heterocycles. The number of hydrogen-bond acceptors (Lipinski definition) is 2. The number of nitrogens with zero attached hydrogens (tertiary/aromatic N) is 1. The minimum absolute atomic E-state index is 0. The van der Waals surface area contributed by atoms with Crippen molar-refractivity contribution in [2.24, 2.45) is 4.99 Å². The molecule has 1 unspecified atom stereocenters. The molecule has 25 heavy (non-hydrogen) atoms. The van der Waals surface area contributed by atoms with Crippen LogP contribution in [0, 0.1) is 5.82 Å². The number of aliphatic hydroxyl groups excluding tert-OH is 1. The van der Waals surface area contributed by atoms with Crippen molar-refractivity contribution in [3.63, 3.8) is 0 Å². The van der Waals surface area contributed by atoms with E-state index in [0.717, 1.165) is 17.5 Å². The van der Waals surface area contributed by atoms with Gasteiger partial charge < -0.3 is 15.7 Å². The van der Waals surface area contributed by atoms with E-state index < -0.39 is 0 Å². The molecule has 3 N–H and O–H groups in total. The zero-order valence-corrected chi connectivity index (χ0v) is 16.6. The molecule has 0 fully saturated rings. The van der Waals surface area contributed by atoms with Crippen LogP contribution in [0.2, 0.25) is 0 Å². The van der Waals surface area contributed by atoms with Crippen LogP contribution < -0.4 is 10.6 Å². The highest BCUT2D eigenvalue weighted by molar-refractivity contribution is 14.0. The molecule has 0 aliphatic carbocycles. The monoisotopic (exact) mass is 457 g/mol. The van der Waals surface area contributed by atoms with E-state index in [9.17, 15) is 9.50 Å². The second kappa shape index (κ2) is 11.8. The maximum atomic E-state index is 12.9. The summed E-state index contributed by atoms with van der Waals surface area (Å²) in [6, 6.07) is 16.4. The smallest absolute Gasteiger partial charge is 0.191 e.